The van der Waals surface area contributed by atoms with Crippen molar-refractivity contribution >= 4 is 23.9 Å². The van der Waals surface area contributed by atoms with Crippen molar-refractivity contribution in [3.05, 3.63) is 83.1 Å². The van der Waals surface area contributed by atoms with Crippen LogP contribution in [0.2, 0.25) is 0 Å². The van der Waals surface area contributed by atoms with Gasteiger partial charge in [0.05, 0.1) is 0 Å². The van der Waals surface area contributed by atoms with E-state index in [1.54, 1.807) is 0 Å². The molecular weight excluding hydrogens is 462 g/mol. The van der Waals surface area contributed by atoms with Crippen molar-refractivity contribution in [1.82, 2.24) is 15.5 Å². The highest BCUT2D eigenvalue weighted by atomic mass is 16.5. The molecule has 0 saturated carbocycles. The van der Waals surface area contributed by atoms with E-state index in [1.165, 1.54) is 11.8 Å². The Balaban J connectivity index is 1.47. The number of amides is 3. The van der Waals surface area contributed by atoms with Crippen LogP contribution >= 0.6 is 0 Å². The van der Waals surface area contributed by atoms with Gasteiger partial charge in [-0.25, -0.2) is 9.59 Å². The summed E-state index contributed by atoms with van der Waals surface area (Å²) in [7, 11) is 0. The maximum atomic E-state index is 13.4. The van der Waals surface area contributed by atoms with Crippen molar-refractivity contribution in [2.24, 2.45) is 0 Å². The molecule has 0 unspecified atom stereocenters. The average molecular weight is 492 g/mol. The van der Waals surface area contributed by atoms with Crippen LogP contribution in [0.3, 0.4) is 0 Å². The highest BCUT2D eigenvalue weighted by molar-refractivity contribution is 6.02. The van der Waals surface area contributed by atoms with E-state index in [2.05, 4.69) is 10.6 Å². The normalized spacial score (nSPS) is 19.9. The second-order valence-corrected chi connectivity index (χ2v) is 9.06. The smallest absolute Gasteiger partial charge is 0.408 e. The lowest BCUT2D eigenvalue weighted by Crippen LogP contribution is -2.53. The number of ether oxygens (including phenoxy) is 1. The molecule has 3 amide bonds. The van der Waals surface area contributed by atoms with Gasteiger partial charge >= 0.3 is 12.1 Å². The summed E-state index contributed by atoms with van der Waals surface area (Å²) < 4.78 is 5.17. The summed E-state index contributed by atoms with van der Waals surface area (Å²) in [6.07, 6.45) is 1.12. The van der Waals surface area contributed by atoms with Crippen LogP contribution in [0.25, 0.3) is 0 Å². The summed E-state index contributed by atoms with van der Waals surface area (Å²) in [4.78, 5) is 51.7. The number of nitrogens with one attached hydrogen (secondary N) is 2. The molecule has 3 N–H and O–H groups in total. The summed E-state index contributed by atoms with van der Waals surface area (Å²) >= 11 is 0. The van der Waals surface area contributed by atoms with Crippen LogP contribution in [0.15, 0.2) is 71.9 Å². The number of carboxylic acids is 1. The zero-order valence-corrected chi connectivity index (χ0v) is 20.0. The fourth-order valence-electron chi connectivity index (χ4n) is 4.68. The van der Waals surface area contributed by atoms with Gasteiger partial charge in [-0.3, -0.25) is 9.59 Å². The lowest BCUT2D eigenvalue weighted by atomic mass is 9.92. The van der Waals surface area contributed by atoms with Crippen LogP contribution in [0, 0.1) is 0 Å². The lowest BCUT2D eigenvalue weighted by Gasteiger charge is -2.35. The molecule has 0 bridgehead atoms. The first-order valence-electron chi connectivity index (χ1n) is 11.9. The standard InChI is InChI=1S/C27H29N3O6/c1-17(28-27(35)36-16-19-10-6-3-7-11-19)24(31)29-23-20(14-18-8-4-2-5-9-18)15-21-12-13-22(26(33)34)30(21)25(23)32/h2-11,17,21-22H,12-16H2,1H3,(H,28,35)(H,29,31)(H,33,34)/t17-,21-,22-/m0/s1. The molecule has 36 heavy (non-hydrogen) atoms. The first kappa shape index (κ1) is 25.0. The Hall–Kier alpha value is -4.14. The topological polar surface area (TPSA) is 125 Å². The van der Waals surface area contributed by atoms with E-state index in [9.17, 15) is 24.3 Å². The quantitative estimate of drug-likeness (QED) is 0.522. The van der Waals surface area contributed by atoms with Crippen molar-refractivity contribution in [3.8, 4) is 0 Å². The number of alkyl carbamates (subject to hydrolysis) is 1. The van der Waals surface area contributed by atoms with Crippen molar-refractivity contribution < 1.29 is 29.0 Å². The van der Waals surface area contributed by atoms with Crippen molar-refractivity contribution in [2.45, 2.75) is 57.3 Å². The zero-order chi connectivity index (χ0) is 25.7. The van der Waals surface area contributed by atoms with Gasteiger partial charge in [-0.2, -0.15) is 0 Å². The molecule has 2 aliphatic rings. The molecule has 0 spiro atoms. The molecule has 1 saturated heterocycles. The summed E-state index contributed by atoms with van der Waals surface area (Å²) in [6.45, 7) is 1.54. The first-order valence-corrected chi connectivity index (χ1v) is 11.9. The van der Waals surface area contributed by atoms with Crippen LogP contribution in [-0.2, 0) is 32.1 Å². The van der Waals surface area contributed by atoms with Gasteiger partial charge in [0, 0.05) is 6.04 Å². The molecule has 2 aliphatic heterocycles. The third-order valence-electron chi connectivity index (χ3n) is 6.52. The summed E-state index contributed by atoms with van der Waals surface area (Å²) in [6, 6.07) is 16.6. The molecule has 0 radical (unpaired) electrons. The van der Waals surface area contributed by atoms with Crippen LogP contribution < -0.4 is 10.6 Å². The van der Waals surface area contributed by atoms with E-state index in [4.69, 9.17) is 4.74 Å². The molecule has 2 aromatic rings. The van der Waals surface area contributed by atoms with Gasteiger partial charge in [0.2, 0.25) is 5.91 Å². The molecule has 9 nitrogen and oxygen atoms in total. The summed E-state index contributed by atoms with van der Waals surface area (Å²) in [5.41, 5.74) is 2.61. The van der Waals surface area contributed by atoms with Crippen molar-refractivity contribution in [2.75, 3.05) is 0 Å². The Labute approximate surface area is 209 Å². The minimum absolute atomic E-state index is 0.0544. The number of fused-ring (bicyclic) bond motifs is 1. The fourth-order valence-corrected chi connectivity index (χ4v) is 4.68. The number of hydrogen-bond acceptors (Lipinski definition) is 5. The number of aliphatic carboxylic acids is 1. The summed E-state index contributed by atoms with van der Waals surface area (Å²) in [5, 5.41) is 14.8. The fraction of sp³-hybridized carbons (Fsp3) is 0.333. The molecule has 188 valence electrons. The van der Waals surface area contributed by atoms with Crippen LogP contribution in [-0.4, -0.2) is 52.0 Å². The third-order valence-corrected chi connectivity index (χ3v) is 6.52. The second kappa shape index (κ2) is 11.1. The van der Waals surface area contributed by atoms with Crippen LogP contribution in [0.1, 0.15) is 37.3 Å². The maximum absolute atomic E-state index is 13.4. The largest absolute Gasteiger partial charge is 0.480 e. The Kier molecular flexibility index (Phi) is 7.68. The van der Waals surface area contributed by atoms with Gasteiger partial charge in [-0.05, 0) is 49.3 Å². The summed E-state index contributed by atoms with van der Waals surface area (Å²) in [5.74, 6) is -2.15. The Morgan fingerprint density at radius 2 is 1.67 bits per heavy atom. The molecule has 2 heterocycles. The number of hydrogen-bond donors (Lipinski definition) is 3. The SMILES string of the molecule is C[C@H](NC(=O)OCc1ccccc1)C(=O)NC1=C(Cc2ccccc2)C[C@@H]2CC[C@@H](C(=O)O)N2C1=O. The monoisotopic (exact) mass is 491 g/mol. The molecular formula is C27H29N3O6. The predicted octanol–water partition coefficient (Wildman–Crippen LogP) is 2.76. The van der Waals surface area contributed by atoms with Gasteiger partial charge in [-0.15, -0.1) is 0 Å². The molecule has 1 fully saturated rings. The molecule has 0 aliphatic carbocycles. The van der Waals surface area contributed by atoms with E-state index in [0.717, 1.165) is 16.7 Å². The van der Waals surface area contributed by atoms with Crippen LogP contribution in [0.5, 0.6) is 0 Å². The van der Waals surface area contributed by atoms with E-state index >= 15 is 0 Å². The zero-order valence-electron chi connectivity index (χ0n) is 20.0. The predicted molar refractivity (Wildman–Crippen MR) is 130 cm³/mol. The van der Waals surface area contributed by atoms with Gasteiger partial charge in [0.25, 0.3) is 5.91 Å². The average Bonchev–Trinajstić information content (AvgIpc) is 3.31. The Bertz CT molecular complexity index is 1160. The number of nitrogens with zero attached hydrogens (tertiary/aromatic N) is 1. The number of carboxylic acid groups (broad SMARTS) is 1. The molecule has 9 heteroatoms. The van der Waals surface area contributed by atoms with E-state index in [-0.39, 0.29) is 18.3 Å². The van der Waals surface area contributed by atoms with Gasteiger partial charge in [-0.1, -0.05) is 60.7 Å². The van der Waals surface area contributed by atoms with Gasteiger partial charge in [0.15, 0.2) is 0 Å². The van der Waals surface area contributed by atoms with Crippen LogP contribution in [0.4, 0.5) is 4.79 Å². The van der Waals surface area contributed by atoms with Crippen molar-refractivity contribution in [3.63, 3.8) is 0 Å². The Morgan fingerprint density at radius 1 is 1.03 bits per heavy atom. The minimum atomic E-state index is -1.06. The van der Waals surface area contributed by atoms with Gasteiger partial charge < -0.3 is 25.4 Å². The highest BCUT2D eigenvalue weighted by Gasteiger charge is 2.46. The van der Waals surface area contributed by atoms with E-state index in [1.807, 2.05) is 60.7 Å². The Morgan fingerprint density at radius 3 is 2.31 bits per heavy atom. The lowest BCUT2D eigenvalue weighted by molar-refractivity contribution is -0.148. The van der Waals surface area contributed by atoms with E-state index in [0.29, 0.717) is 25.7 Å². The molecule has 4 rings (SSSR count). The second-order valence-electron chi connectivity index (χ2n) is 9.06. The van der Waals surface area contributed by atoms with Crippen molar-refractivity contribution in [1.29, 1.82) is 0 Å². The number of rotatable bonds is 8. The van der Waals surface area contributed by atoms with E-state index < -0.39 is 36.0 Å². The molecule has 2 aromatic carbocycles. The number of benzene rings is 2. The minimum Gasteiger partial charge on any atom is -0.480 e. The van der Waals surface area contributed by atoms with Gasteiger partial charge in [0.1, 0.15) is 24.4 Å². The molecule has 3 atom stereocenters. The number of carbonyl (C=O) groups excluding carboxylic acids is 3. The number of carbonyl (C=O) groups is 4. The first-order chi connectivity index (χ1) is 17.3. The highest BCUT2D eigenvalue weighted by Crippen LogP contribution is 2.36. The maximum Gasteiger partial charge on any atom is 0.408 e. The third kappa shape index (κ3) is 5.73. The molecule has 0 aromatic heterocycles.